The van der Waals surface area contributed by atoms with Gasteiger partial charge in [-0.25, -0.2) is 4.79 Å². The van der Waals surface area contributed by atoms with Gasteiger partial charge in [0, 0.05) is 5.57 Å². The molecule has 0 aromatic heterocycles. The second-order valence-corrected chi connectivity index (χ2v) is 8.96. The van der Waals surface area contributed by atoms with Gasteiger partial charge < -0.3 is 14.9 Å². The van der Waals surface area contributed by atoms with Gasteiger partial charge in [0.2, 0.25) is 0 Å². The Kier molecular flexibility index (Phi) is 16.3. The smallest absolute Gasteiger partial charge is 0.331 e. The van der Waals surface area contributed by atoms with Crippen LogP contribution < -0.4 is 4.74 Å². The zero-order valence-corrected chi connectivity index (χ0v) is 20.5. The number of carboxylic acid groups (broad SMARTS) is 1. The van der Waals surface area contributed by atoms with Crippen LogP contribution in [-0.4, -0.2) is 23.3 Å². The van der Waals surface area contributed by atoms with Gasteiger partial charge in [0.05, 0.1) is 7.11 Å². The van der Waals surface area contributed by atoms with Crippen molar-refractivity contribution in [3.8, 4) is 11.5 Å². The molecule has 0 unspecified atom stereocenters. The highest BCUT2D eigenvalue weighted by atomic mass is 16.5. The molecule has 0 radical (unpaired) electrons. The number of hydrogen-bond acceptors (Lipinski definition) is 3. The number of phenolic OH excluding ortho intramolecular Hbond substituents is 1. The fourth-order valence-corrected chi connectivity index (χ4v) is 4.09. The van der Waals surface area contributed by atoms with E-state index in [4.69, 9.17) is 4.74 Å². The average Bonchev–Trinajstić information content (AvgIpc) is 2.78. The number of benzene rings is 1. The summed E-state index contributed by atoms with van der Waals surface area (Å²) >= 11 is 0. The number of aliphatic carboxylic acids is 1. The molecule has 0 spiro atoms. The molecule has 0 atom stereocenters. The fourth-order valence-electron chi connectivity index (χ4n) is 4.09. The highest BCUT2D eigenvalue weighted by Crippen LogP contribution is 2.27. The van der Waals surface area contributed by atoms with Crippen LogP contribution in [0, 0.1) is 0 Å². The lowest BCUT2D eigenvalue weighted by Gasteiger charge is -2.06. The summed E-state index contributed by atoms with van der Waals surface area (Å²) in [5.74, 6) is -0.469. The third-order valence-electron chi connectivity index (χ3n) is 6.12. The molecule has 32 heavy (non-hydrogen) atoms. The molecule has 0 amide bonds. The number of hydrogen-bond donors (Lipinski definition) is 2. The molecule has 4 heteroatoms. The summed E-state index contributed by atoms with van der Waals surface area (Å²) in [5.41, 5.74) is 1.14. The van der Waals surface area contributed by atoms with Gasteiger partial charge in [-0.2, -0.15) is 0 Å². The molecular weight excluding hydrogens is 400 g/mol. The summed E-state index contributed by atoms with van der Waals surface area (Å²) in [5, 5.41) is 19.2. The molecule has 0 fully saturated rings. The molecule has 2 N–H and O–H groups in total. The lowest BCUT2D eigenvalue weighted by Crippen LogP contribution is -2.00. The van der Waals surface area contributed by atoms with E-state index in [0.29, 0.717) is 17.7 Å². The number of methoxy groups -OCH3 is 1. The normalized spacial score (nSPS) is 11.6. The Morgan fingerprint density at radius 1 is 0.812 bits per heavy atom. The van der Waals surface area contributed by atoms with E-state index < -0.39 is 5.97 Å². The molecule has 1 aromatic rings. The van der Waals surface area contributed by atoms with E-state index >= 15 is 0 Å². The van der Waals surface area contributed by atoms with Crippen molar-refractivity contribution >= 4 is 12.0 Å². The SMILES string of the molecule is CCCCCCCCCCCCCCCCCC/C(=C\c1ccc(O)c(OC)c1)C(=O)O. The van der Waals surface area contributed by atoms with Gasteiger partial charge in [0.25, 0.3) is 0 Å². The average molecular weight is 447 g/mol. The molecule has 4 nitrogen and oxygen atoms in total. The van der Waals surface area contributed by atoms with Crippen molar-refractivity contribution in [3.05, 3.63) is 29.3 Å². The summed E-state index contributed by atoms with van der Waals surface area (Å²) in [4.78, 5) is 11.6. The van der Waals surface area contributed by atoms with Crippen molar-refractivity contribution in [2.24, 2.45) is 0 Å². The third kappa shape index (κ3) is 13.4. The summed E-state index contributed by atoms with van der Waals surface area (Å²) in [6, 6.07) is 4.89. The highest BCUT2D eigenvalue weighted by Gasteiger charge is 2.09. The largest absolute Gasteiger partial charge is 0.504 e. The number of rotatable bonds is 20. The van der Waals surface area contributed by atoms with E-state index in [2.05, 4.69) is 6.92 Å². The maximum atomic E-state index is 11.6. The van der Waals surface area contributed by atoms with E-state index in [-0.39, 0.29) is 5.75 Å². The monoisotopic (exact) mass is 446 g/mol. The van der Waals surface area contributed by atoms with Crippen LogP contribution in [-0.2, 0) is 4.79 Å². The van der Waals surface area contributed by atoms with E-state index in [0.717, 1.165) is 18.4 Å². The van der Waals surface area contributed by atoms with Crippen LogP contribution in [0.1, 0.15) is 122 Å². The lowest BCUT2D eigenvalue weighted by atomic mass is 10.0. The molecule has 0 saturated carbocycles. The van der Waals surface area contributed by atoms with Crippen LogP contribution in [0.25, 0.3) is 6.08 Å². The van der Waals surface area contributed by atoms with Gasteiger partial charge in [0.1, 0.15) is 0 Å². The Labute approximate surface area is 196 Å². The fraction of sp³-hybridized carbons (Fsp3) is 0.679. The molecule has 1 aromatic carbocycles. The van der Waals surface area contributed by atoms with Gasteiger partial charge in [0.15, 0.2) is 11.5 Å². The second-order valence-electron chi connectivity index (χ2n) is 8.96. The topological polar surface area (TPSA) is 66.8 Å². The second kappa shape index (κ2) is 18.6. The van der Waals surface area contributed by atoms with Crippen LogP contribution in [0.3, 0.4) is 0 Å². The molecular formula is C28H46O4. The van der Waals surface area contributed by atoms with Gasteiger partial charge in [-0.15, -0.1) is 0 Å². The van der Waals surface area contributed by atoms with Crippen molar-refractivity contribution in [3.63, 3.8) is 0 Å². The van der Waals surface area contributed by atoms with Crippen LogP contribution >= 0.6 is 0 Å². The number of unbranched alkanes of at least 4 members (excludes halogenated alkanes) is 15. The van der Waals surface area contributed by atoms with Crippen LogP contribution in [0.5, 0.6) is 11.5 Å². The minimum atomic E-state index is -0.877. The van der Waals surface area contributed by atoms with Crippen molar-refractivity contribution in [2.45, 2.75) is 116 Å². The molecule has 1 rings (SSSR count). The minimum absolute atomic E-state index is 0.0549. The standard InChI is InChI=1S/C28H46O4/c1-3-4-5-6-7-8-9-10-11-12-13-14-15-16-17-18-19-25(28(30)31)22-24-20-21-26(29)27(23-24)32-2/h20-23,29H,3-19H2,1-2H3,(H,30,31)/b25-22+. The quantitative estimate of drug-likeness (QED) is 0.156. The Balaban J connectivity index is 2.07. The van der Waals surface area contributed by atoms with E-state index in [1.54, 1.807) is 18.2 Å². The van der Waals surface area contributed by atoms with E-state index in [1.165, 1.54) is 103 Å². The third-order valence-corrected chi connectivity index (χ3v) is 6.12. The summed E-state index contributed by atoms with van der Waals surface area (Å²) < 4.78 is 5.09. The van der Waals surface area contributed by atoms with Gasteiger partial charge >= 0.3 is 5.97 Å². The van der Waals surface area contributed by atoms with Crippen LogP contribution in [0.4, 0.5) is 0 Å². The minimum Gasteiger partial charge on any atom is -0.504 e. The first-order valence-electron chi connectivity index (χ1n) is 12.9. The molecule has 0 heterocycles. The highest BCUT2D eigenvalue weighted by molar-refractivity contribution is 5.92. The predicted molar refractivity (Wildman–Crippen MR) is 134 cm³/mol. The molecule has 0 aliphatic heterocycles. The van der Waals surface area contributed by atoms with Crippen molar-refractivity contribution in [1.82, 2.24) is 0 Å². The van der Waals surface area contributed by atoms with Crippen LogP contribution in [0.15, 0.2) is 23.8 Å². The van der Waals surface area contributed by atoms with E-state index in [9.17, 15) is 15.0 Å². The Morgan fingerprint density at radius 2 is 1.28 bits per heavy atom. The zero-order valence-electron chi connectivity index (χ0n) is 20.5. The van der Waals surface area contributed by atoms with Gasteiger partial charge in [-0.3, -0.25) is 0 Å². The van der Waals surface area contributed by atoms with Crippen molar-refractivity contribution < 1.29 is 19.7 Å². The number of carboxylic acids is 1. The molecule has 0 saturated heterocycles. The summed E-state index contributed by atoms with van der Waals surface area (Å²) in [6.45, 7) is 2.27. The van der Waals surface area contributed by atoms with Crippen LogP contribution in [0.2, 0.25) is 0 Å². The Bertz CT molecular complexity index is 651. The summed E-state index contributed by atoms with van der Waals surface area (Å²) in [6.07, 6.45) is 23.2. The number of ether oxygens (including phenoxy) is 1. The number of phenols is 1. The van der Waals surface area contributed by atoms with E-state index in [1.807, 2.05) is 0 Å². The van der Waals surface area contributed by atoms with Gasteiger partial charge in [-0.1, -0.05) is 109 Å². The predicted octanol–water partition coefficient (Wildman–Crippen LogP) is 8.52. The summed E-state index contributed by atoms with van der Waals surface area (Å²) in [7, 11) is 1.48. The first kappa shape index (κ1) is 28.1. The maximum absolute atomic E-state index is 11.6. The number of carbonyl (C=O) groups is 1. The van der Waals surface area contributed by atoms with Crippen molar-refractivity contribution in [2.75, 3.05) is 7.11 Å². The van der Waals surface area contributed by atoms with Gasteiger partial charge in [-0.05, 0) is 36.6 Å². The first-order chi connectivity index (χ1) is 15.6. The Morgan fingerprint density at radius 3 is 1.72 bits per heavy atom. The molecule has 0 bridgehead atoms. The number of aromatic hydroxyl groups is 1. The molecule has 182 valence electrons. The Hall–Kier alpha value is -1.97. The molecule has 0 aliphatic rings. The molecule has 0 aliphatic carbocycles. The first-order valence-corrected chi connectivity index (χ1v) is 12.9. The lowest BCUT2D eigenvalue weighted by molar-refractivity contribution is -0.132. The van der Waals surface area contributed by atoms with Crippen molar-refractivity contribution in [1.29, 1.82) is 0 Å². The zero-order chi connectivity index (χ0) is 23.4. The maximum Gasteiger partial charge on any atom is 0.331 e.